The van der Waals surface area contributed by atoms with Gasteiger partial charge in [0.05, 0.1) is 16.9 Å². The lowest BCUT2D eigenvalue weighted by molar-refractivity contribution is 0.484. The fourth-order valence-electron chi connectivity index (χ4n) is 2.63. The van der Waals surface area contributed by atoms with Gasteiger partial charge in [0, 0.05) is 24.3 Å². The molecule has 0 radical (unpaired) electrons. The second kappa shape index (κ2) is 5.51. The topological polar surface area (TPSA) is 76.9 Å². The van der Waals surface area contributed by atoms with E-state index in [1.165, 1.54) is 11.3 Å². The van der Waals surface area contributed by atoms with Gasteiger partial charge in [-0.15, -0.1) is 11.3 Å². The molecule has 0 bridgehead atoms. The van der Waals surface area contributed by atoms with Gasteiger partial charge < -0.3 is 0 Å². The Morgan fingerprint density at radius 3 is 2.90 bits per heavy atom. The average molecular weight is 326 g/mol. The number of nitrogens with one attached hydrogen (secondary N) is 1. The van der Waals surface area contributed by atoms with Crippen molar-refractivity contribution in [2.24, 2.45) is 0 Å². The van der Waals surface area contributed by atoms with Crippen LogP contribution in [0.1, 0.15) is 34.8 Å². The van der Waals surface area contributed by atoms with Gasteiger partial charge in [-0.1, -0.05) is 0 Å². The summed E-state index contributed by atoms with van der Waals surface area (Å²) in [5.41, 5.74) is 2.68. The summed E-state index contributed by atoms with van der Waals surface area (Å²) in [5.74, 6) is 0. The van der Waals surface area contributed by atoms with Gasteiger partial charge in [0.1, 0.15) is 0 Å². The molecule has 3 rings (SSSR count). The lowest BCUT2D eigenvalue weighted by Gasteiger charge is -2.14. The number of thiazole rings is 1. The van der Waals surface area contributed by atoms with Crippen LogP contribution in [0.2, 0.25) is 0 Å². The van der Waals surface area contributed by atoms with E-state index in [0.29, 0.717) is 9.90 Å². The Morgan fingerprint density at radius 1 is 1.38 bits per heavy atom. The average Bonchev–Trinajstić information content (AvgIpc) is 3.00. The summed E-state index contributed by atoms with van der Waals surface area (Å²) in [6.07, 6.45) is 5.02. The summed E-state index contributed by atoms with van der Waals surface area (Å²) < 4.78 is 29.7. The van der Waals surface area contributed by atoms with Crippen molar-refractivity contribution >= 4 is 21.4 Å². The Balaban J connectivity index is 1.78. The molecule has 0 amide bonds. The zero-order valence-corrected chi connectivity index (χ0v) is 13.7. The number of fused-ring (bicyclic) bond motifs is 1. The molecule has 114 valence electrons. The molecule has 0 atom stereocenters. The Kier molecular flexibility index (Phi) is 3.85. The number of sulfonamides is 1. The zero-order valence-electron chi connectivity index (χ0n) is 12.1. The zero-order chi connectivity index (χ0) is 15.0. The summed E-state index contributed by atoms with van der Waals surface area (Å²) in [6.45, 7) is 4.74. The summed E-state index contributed by atoms with van der Waals surface area (Å²) >= 11 is 1.20. The van der Waals surface area contributed by atoms with Gasteiger partial charge in [-0.05, 0) is 33.1 Å². The van der Waals surface area contributed by atoms with E-state index in [2.05, 4.69) is 14.8 Å². The molecule has 3 heterocycles. The van der Waals surface area contributed by atoms with Gasteiger partial charge >= 0.3 is 0 Å². The van der Waals surface area contributed by atoms with E-state index in [1.54, 1.807) is 13.1 Å². The molecular weight excluding hydrogens is 308 g/mol. The maximum atomic E-state index is 12.4. The molecule has 0 aromatic carbocycles. The number of hydrogen-bond donors (Lipinski definition) is 1. The Bertz CT molecular complexity index is 761. The third kappa shape index (κ3) is 2.88. The summed E-state index contributed by atoms with van der Waals surface area (Å²) in [4.78, 5) is 4.18. The number of rotatable bonds is 4. The maximum absolute atomic E-state index is 12.4. The van der Waals surface area contributed by atoms with E-state index < -0.39 is 10.0 Å². The molecule has 21 heavy (non-hydrogen) atoms. The van der Waals surface area contributed by atoms with E-state index in [0.717, 1.165) is 42.1 Å². The van der Waals surface area contributed by atoms with E-state index >= 15 is 0 Å². The second-order valence-electron chi connectivity index (χ2n) is 5.23. The van der Waals surface area contributed by atoms with Crippen LogP contribution in [0.25, 0.3) is 0 Å². The van der Waals surface area contributed by atoms with Crippen molar-refractivity contribution in [3.05, 3.63) is 28.2 Å². The third-order valence-electron chi connectivity index (χ3n) is 3.63. The first-order valence-electron chi connectivity index (χ1n) is 6.94. The van der Waals surface area contributed by atoms with Gasteiger partial charge in [0.2, 0.25) is 0 Å². The first kappa shape index (κ1) is 14.7. The summed E-state index contributed by atoms with van der Waals surface area (Å²) in [5, 5.41) is 5.08. The van der Waals surface area contributed by atoms with Crippen LogP contribution < -0.4 is 4.72 Å². The summed E-state index contributed by atoms with van der Waals surface area (Å²) in [6, 6.07) is 0. The summed E-state index contributed by atoms with van der Waals surface area (Å²) in [7, 11) is -3.50. The fourth-order valence-corrected chi connectivity index (χ4v) is 5.17. The molecule has 0 fully saturated rings. The van der Waals surface area contributed by atoms with Crippen molar-refractivity contribution in [1.29, 1.82) is 0 Å². The van der Waals surface area contributed by atoms with Gasteiger partial charge in [-0.2, -0.15) is 5.10 Å². The van der Waals surface area contributed by atoms with Gasteiger partial charge in [-0.25, -0.2) is 18.1 Å². The van der Waals surface area contributed by atoms with Gasteiger partial charge in [0.15, 0.2) is 4.21 Å². The van der Waals surface area contributed by atoms with Crippen LogP contribution in [0, 0.1) is 13.8 Å². The highest BCUT2D eigenvalue weighted by atomic mass is 32.2. The largest absolute Gasteiger partial charge is 0.269 e. The predicted molar refractivity (Wildman–Crippen MR) is 80.8 cm³/mol. The highest BCUT2D eigenvalue weighted by molar-refractivity contribution is 7.91. The highest BCUT2D eigenvalue weighted by Crippen LogP contribution is 2.23. The molecule has 0 spiro atoms. The Labute approximate surface area is 128 Å². The smallest absolute Gasteiger partial charge is 0.252 e. The van der Waals surface area contributed by atoms with Crippen LogP contribution in [0.4, 0.5) is 0 Å². The van der Waals surface area contributed by atoms with Crippen LogP contribution in [0.5, 0.6) is 0 Å². The molecule has 8 heteroatoms. The fraction of sp³-hybridized carbons (Fsp3) is 0.538. The number of hydrogen-bond acceptors (Lipinski definition) is 5. The number of nitrogens with zero attached hydrogens (tertiary/aromatic N) is 3. The van der Waals surface area contributed by atoms with Crippen LogP contribution in [-0.2, 0) is 29.5 Å². The van der Waals surface area contributed by atoms with Gasteiger partial charge in [-0.3, -0.25) is 4.68 Å². The van der Waals surface area contributed by atoms with Crippen molar-refractivity contribution < 1.29 is 8.42 Å². The minimum absolute atomic E-state index is 0.286. The first-order valence-corrected chi connectivity index (χ1v) is 9.24. The van der Waals surface area contributed by atoms with Crippen molar-refractivity contribution in [3.63, 3.8) is 0 Å². The van der Waals surface area contributed by atoms with E-state index in [-0.39, 0.29) is 6.54 Å². The predicted octanol–water partition coefficient (Wildman–Crippen LogP) is 1.77. The minimum Gasteiger partial charge on any atom is -0.269 e. The lowest BCUT2D eigenvalue weighted by Crippen LogP contribution is -2.24. The van der Waals surface area contributed by atoms with Crippen molar-refractivity contribution in [1.82, 2.24) is 19.5 Å². The molecule has 0 saturated heterocycles. The van der Waals surface area contributed by atoms with E-state index in [4.69, 9.17) is 0 Å². The first-order chi connectivity index (χ1) is 9.97. The van der Waals surface area contributed by atoms with E-state index in [1.807, 2.05) is 11.6 Å². The molecule has 0 saturated carbocycles. The molecule has 2 aromatic rings. The number of aryl methyl sites for hydroxylation is 3. The SMILES string of the molecule is Cc1nc(C)c(S(=O)(=O)NCc2cnn3c2CCCC3)s1. The standard InChI is InChI=1S/C13H18N4O2S2/c1-9-13(20-10(2)16-9)21(18,19)15-8-11-7-14-17-6-4-3-5-12(11)17/h7,15H,3-6,8H2,1-2H3. The Hall–Kier alpha value is -1.25. The monoisotopic (exact) mass is 326 g/mol. The quantitative estimate of drug-likeness (QED) is 0.929. The minimum atomic E-state index is -3.50. The van der Waals surface area contributed by atoms with Crippen LogP contribution in [0.3, 0.4) is 0 Å². The van der Waals surface area contributed by atoms with Gasteiger partial charge in [0.25, 0.3) is 10.0 Å². The normalized spacial score (nSPS) is 15.1. The molecular formula is C13H18N4O2S2. The molecule has 1 N–H and O–H groups in total. The highest BCUT2D eigenvalue weighted by Gasteiger charge is 2.22. The van der Waals surface area contributed by atoms with E-state index in [9.17, 15) is 8.42 Å². The molecule has 2 aromatic heterocycles. The molecule has 1 aliphatic rings. The van der Waals surface area contributed by atoms with Crippen LogP contribution >= 0.6 is 11.3 Å². The van der Waals surface area contributed by atoms with Crippen LogP contribution in [-0.4, -0.2) is 23.2 Å². The third-order valence-corrected chi connectivity index (χ3v) is 6.71. The van der Waals surface area contributed by atoms with Crippen molar-refractivity contribution in [2.45, 2.75) is 50.4 Å². The van der Waals surface area contributed by atoms with Crippen LogP contribution in [0.15, 0.2) is 10.4 Å². The van der Waals surface area contributed by atoms with Crippen molar-refractivity contribution in [2.75, 3.05) is 0 Å². The molecule has 0 aliphatic carbocycles. The Morgan fingerprint density at radius 2 is 2.19 bits per heavy atom. The number of aromatic nitrogens is 3. The lowest BCUT2D eigenvalue weighted by atomic mass is 10.1. The second-order valence-corrected chi connectivity index (χ2v) is 8.39. The molecule has 1 aliphatic heterocycles. The molecule has 0 unspecified atom stereocenters. The van der Waals surface area contributed by atoms with Crippen molar-refractivity contribution in [3.8, 4) is 0 Å². The molecule has 6 nitrogen and oxygen atoms in total. The maximum Gasteiger partial charge on any atom is 0.252 e.